The van der Waals surface area contributed by atoms with Crippen molar-refractivity contribution in [2.24, 2.45) is 0 Å². The molecule has 2 unspecified atom stereocenters. The smallest absolute Gasteiger partial charge is 0.410 e. The highest BCUT2D eigenvalue weighted by Crippen LogP contribution is 2.32. The summed E-state index contributed by atoms with van der Waals surface area (Å²) in [6.07, 6.45) is 2.45. The van der Waals surface area contributed by atoms with Gasteiger partial charge < -0.3 is 14.2 Å². The van der Waals surface area contributed by atoms with Crippen molar-refractivity contribution in [1.82, 2.24) is 4.90 Å². The summed E-state index contributed by atoms with van der Waals surface area (Å²) in [7, 11) is 0. The molecule has 6 heteroatoms. The summed E-state index contributed by atoms with van der Waals surface area (Å²) in [5.74, 6) is -0.323. The molecule has 2 fully saturated rings. The quantitative estimate of drug-likeness (QED) is 0.620. The highest BCUT2D eigenvalue weighted by Gasteiger charge is 2.40. The van der Waals surface area contributed by atoms with E-state index in [1.807, 2.05) is 30.3 Å². The van der Waals surface area contributed by atoms with Gasteiger partial charge in [-0.2, -0.15) is 0 Å². The second-order valence-corrected chi connectivity index (χ2v) is 6.26. The molecule has 2 atom stereocenters. The van der Waals surface area contributed by atoms with Crippen molar-refractivity contribution in [3.05, 3.63) is 47.5 Å². The Kier molecular flexibility index (Phi) is 5.71. The van der Waals surface area contributed by atoms with Crippen LogP contribution in [-0.2, 0) is 25.6 Å². The van der Waals surface area contributed by atoms with E-state index in [4.69, 9.17) is 14.2 Å². The molecule has 1 aromatic carbocycles. The van der Waals surface area contributed by atoms with Crippen molar-refractivity contribution in [2.75, 3.05) is 19.8 Å². The van der Waals surface area contributed by atoms with E-state index in [1.165, 1.54) is 0 Å². The van der Waals surface area contributed by atoms with Crippen LogP contribution in [0.3, 0.4) is 0 Å². The lowest BCUT2D eigenvalue weighted by Gasteiger charge is -2.45. The van der Waals surface area contributed by atoms with Crippen LogP contribution in [0, 0.1) is 0 Å². The molecule has 0 saturated carbocycles. The number of piperidine rings is 1. The number of esters is 1. The second-order valence-electron chi connectivity index (χ2n) is 6.26. The molecule has 0 N–H and O–H groups in total. The minimum Gasteiger partial charge on any atom is -0.463 e. The van der Waals surface area contributed by atoms with Crippen LogP contribution in [0.4, 0.5) is 4.79 Å². The first-order valence-corrected chi connectivity index (χ1v) is 8.60. The number of fused-ring (bicyclic) bond motifs is 2. The lowest BCUT2D eigenvalue weighted by molar-refractivity contribution is -0.137. The van der Waals surface area contributed by atoms with Crippen LogP contribution in [-0.4, -0.2) is 48.9 Å². The van der Waals surface area contributed by atoms with Crippen LogP contribution in [0.2, 0.25) is 0 Å². The van der Waals surface area contributed by atoms with Gasteiger partial charge in [-0.05, 0) is 25.3 Å². The van der Waals surface area contributed by atoms with Crippen molar-refractivity contribution in [1.29, 1.82) is 0 Å². The standard InChI is InChI=1S/C19H23NO5/c1-2-24-18(21)10-15-8-16-12-23-13-17(9-15)20(16)19(22)25-11-14-6-4-3-5-7-14/h3-7,10,16-17H,2,8-9,11-13H2,1H3. The minimum atomic E-state index is -0.323. The van der Waals surface area contributed by atoms with E-state index in [2.05, 4.69) is 0 Å². The predicted molar refractivity (Wildman–Crippen MR) is 90.8 cm³/mol. The zero-order valence-corrected chi connectivity index (χ0v) is 14.3. The van der Waals surface area contributed by atoms with Crippen molar-refractivity contribution in [3.63, 3.8) is 0 Å². The monoisotopic (exact) mass is 345 g/mol. The van der Waals surface area contributed by atoms with Gasteiger partial charge in [0.25, 0.3) is 0 Å². The highest BCUT2D eigenvalue weighted by molar-refractivity contribution is 5.83. The Morgan fingerprint density at radius 3 is 2.48 bits per heavy atom. The Labute approximate surface area is 147 Å². The Hall–Kier alpha value is -2.34. The SMILES string of the molecule is CCOC(=O)C=C1CC2COCC(C1)N2C(=O)OCc1ccccc1. The maximum atomic E-state index is 12.6. The van der Waals surface area contributed by atoms with Crippen LogP contribution >= 0.6 is 0 Å². The molecule has 2 aliphatic rings. The van der Waals surface area contributed by atoms with E-state index < -0.39 is 0 Å². The molecule has 1 amide bonds. The van der Waals surface area contributed by atoms with Crippen molar-refractivity contribution < 1.29 is 23.8 Å². The van der Waals surface area contributed by atoms with Crippen molar-refractivity contribution >= 4 is 12.1 Å². The lowest BCUT2D eigenvalue weighted by Crippen LogP contribution is -2.57. The first kappa shape index (κ1) is 17.5. The number of nitrogens with zero attached hydrogens (tertiary/aromatic N) is 1. The molecule has 2 saturated heterocycles. The number of ether oxygens (including phenoxy) is 3. The first-order chi connectivity index (χ1) is 12.2. The van der Waals surface area contributed by atoms with Gasteiger partial charge in [-0.25, -0.2) is 9.59 Å². The Morgan fingerprint density at radius 1 is 1.16 bits per heavy atom. The Morgan fingerprint density at radius 2 is 1.84 bits per heavy atom. The van der Waals surface area contributed by atoms with Gasteiger partial charge in [0.15, 0.2) is 0 Å². The molecule has 0 radical (unpaired) electrons. The van der Waals surface area contributed by atoms with Gasteiger partial charge in [0.1, 0.15) is 6.61 Å². The highest BCUT2D eigenvalue weighted by atomic mass is 16.6. The summed E-state index contributed by atoms with van der Waals surface area (Å²) in [6, 6.07) is 9.40. The average Bonchev–Trinajstić information content (AvgIpc) is 2.60. The fraction of sp³-hybridized carbons (Fsp3) is 0.474. The van der Waals surface area contributed by atoms with Crippen LogP contribution in [0.5, 0.6) is 0 Å². The molecule has 6 nitrogen and oxygen atoms in total. The molecular weight excluding hydrogens is 322 g/mol. The van der Waals surface area contributed by atoms with Gasteiger partial charge in [0.2, 0.25) is 0 Å². The maximum absolute atomic E-state index is 12.6. The summed E-state index contributed by atoms with van der Waals surface area (Å²) in [5.41, 5.74) is 1.96. The second kappa shape index (κ2) is 8.16. The van der Waals surface area contributed by atoms with Crippen LogP contribution < -0.4 is 0 Å². The van der Waals surface area contributed by atoms with Gasteiger partial charge in [-0.15, -0.1) is 0 Å². The summed E-state index contributed by atoms with van der Waals surface area (Å²) in [4.78, 5) is 26.0. The number of benzene rings is 1. The topological polar surface area (TPSA) is 65.1 Å². The Balaban J connectivity index is 1.63. The van der Waals surface area contributed by atoms with E-state index in [0.717, 1.165) is 11.1 Å². The van der Waals surface area contributed by atoms with E-state index in [-0.39, 0.29) is 30.8 Å². The zero-order valence-electron chi connectivity index (χ0n) is 14.3. The summed E-state index contributed by atoms with van der Waals surface area (Å²) in [6.45, 7) is 3.30. The van der Waals surface area contributed by atoms with Crippen LogP contribution in [0.1, 0.15) is 25.3 Å². The minimum absolute atomic E-state index is 0.101. The van der Waals surface area contributed by atoms with Crippen LogP contribution in [0.25, 0.3) is 0 Å². The number of amides is 1. The number of hydrogen-bond donors (Lipinski definition) is 0. The number of rotatable bonds is 4. The molecule has 0 spiro atoms. The fourth-order valence-corrected chi connectivity index (χ4v) is 3.36. The van der Waals surface area contributed by atoms with E-state index in [1.54, 1.807) is 17.9 Å². The molecule has 0 aromatic heterocycles. The van der Waals surface area contributed by atoms with Gasteiger partial charge in [0.05, 0.1) is 31.9 Å². The molecule has 2 bridgehead atoms. The molecule has 2 heterocycles. The maximum Gasteiger partial charge on any atom is 0.410 e. The van der Waals surface area contributed by atoms with Gasteiger partial charge in [-0.1, -0.05) is 35.9 Å². The van der Waals surface area contributed by atoms with Crippen LogP contribution in [0.15, 0.2) is 42.0 Å². The van der Waals surface area contributed by atoms with E-state index in [0.29, 0.717) is 32.7 Å². The normalized spacial score (nSPS) is 22.3. The average molecular weight is 345 g/mol. The number of carbonyl (C=O) groups is 2. The third-order valence-electron chi connectivity index (χ3n) is 4.43. The largest absolute Gasteiger partial charge is 0.463 e. The molecule has 25 heavy (non-hydrogen) atoms. The predicted octanol–water partition coefficient (Wildman–Crippen LogP) is 2.68. The van der Waals surface area contributed by atoms with Gasteiger partial charge in [-0.3, -0.25) is 4.90 Å². The summed E-state index contributed by atoms with van der Waals surface area (Å²) in [5, 5.41) is 0. The molecule has 3 rings (SSSR count). The summed E-state index contributed by atoms with van der Waals surface area (Å²) >= 11 is 0. The van der Waals surface area contributed by atoms with Gasteiger partial charge >= 0.3 is 12.1 Å². The first-order valence-electron chi connectivity index (χ1n) is 8.60. The summed E-state index contributed by atoms with van der Waals surface area (Å²) < 4.78 is 16.0. The zero-order chi connectivity index (χ0) is 17.6. The molecule has 1 aromatic rings. The molecule has 0 aliphatic carbocycles. The van der Waals surface area contributed by atoms with Crippen molar-refractivity contribution in [3.8, 4) is 0 Å². The van der Waals surface area contributed by atoms with Gasteiger partial charge in [0, 0.05) is 6.08 Å². The molecule has 2 aliphatic heterocycles. The third kappa shape index (κ3) is 4.39. The molecular formula is C19H23NO5. The lowest BCUT2D eigenvalue weighted by atomic mass is 9.90. The number of hydrogen-bond acceptors (Lipinski definition) is 5. The Bertz CT molecular complexity index is 626. The number of carbonyl (C=O) groups excluding carboxylic acids is 2. The van der Waals surface area contributed by atoms with E-state index in [9.17, 15) is 9.59 Å². The number of morpholine rings is 1. The molecule has 134 valence electrons. The third-order valence-corrected chi connectivity index (χ3v) is 4.43. The van der Waals surface area contributed by atoms with E-state index >= 15 is 0 Å². The van der Waals surface area contributed by atoms with Crippen molar-refractivity contribution in [2.45, 2.75) is 38.5 Å². The fourth-order valence-electron chi connectivity index (χ4n) is 3.36.